The molecule has 0 aliphatic carbocycles. The van der Waals surface area contributed by atoms with Crippen LogP contribution in [0.1, 0.15) is 18.9 Å². The normalized spacial score (nSPS) is 12.4. The first kappa shape index (κ1) is 14.2. The molecule has 0 bridgehead atoms. The third-order valence-corrected chi connectivity index (χ3v) is 3.79. The Bertz CT molecular complexity index is 626. The monoisotopic (exact) mass is 266 g/mol. The van der Waals surface area contributed by atoms with Gasteiger partial charge in [0.15, 0.2) is 0 Å². The lowest BCUT2D eigenvalue weighted by Crippen LogP contribution is -2.32. The molecule has 0 saturated carbocycles. The van der Waals surface area contributed by atoms with Crippen molar-refractivity contribution < 1.29 is 12.8 Å². The van der Waals surface area contributed by atoms with Crippen molar-refractivity contribution >= 4 is 10.0 Å². The molecule has 0 amide bonds. The van der Waals surface area contributed by atoms with Crippen molar-refractivity contribution in [2.75, 3.05) is 0 Å². The molecule has 1 aromatic rings. The van der Waals surface area contributed by atoms with Crippen molar-refractivity contribution in [3.05, 3.63) is 29.6 Å². The Kier molecular flexibility index (Phi) is 4.43. The van der Waals surface area contributed by atoms with E-state index in [0.29, 0.717) is 0 Å². The van der Waals surface area contributed by atoms with Crippen molar-refractivity contribution in [3.8, 4) is 18.4 Å². The van der Waals surface area contributed by atoms with Crippen LogP contribution in [0.2, 0.25) is 0 Å². The van der Waals surface area contributed by atoms with Crippen molar-refractivity contribution in [2.24, 2.45) is 0 Å². The molecule has 4 nitrogen and oxygen atoms in total. The molecule has 0 aromatic heterocycles. The number of hydrogen-bond acceptors (Lipinski definition) is 3. The first-order valence-electron chi connectivity index (χ1n) is 5.06. The summed E-state index contributed by atoms with van der Waals surface area (Å²) in [6.45, 7) is 1.59. The molecule has 1 unspecified atom stereocenters. The van der Waals surface area contributed by atoms with Gasteiger partial charge in [0.25, 0.3) is 0 Å². The number of terminal acetylenes is 1. The fourth-order valence-electron chi connectivity index (χ4n) is 1.38. The summed E-state index contributed by atoms with van der Waals surface area (Å²) in [5.74, 6) is 1.45. The van der Waals surface area contributed by atoms with Crippen molar-refractivity contribution in [3.63, 3.8) is 0 Å². The van der Waals surface area contributed by atoms with E-state index in [4.69, 9.17) is 11.7 Å². The molecule has 0 aliphatic heterocycles. The number of rotatable bonds is 4. The summed E-state index contributed by atoms with van der Waals surface area (Å²) in [6, 6.07) is 4.49. The Labute approximate surface area is 105 Å². The van der Waals surface area contributed by atoms with Crippen LogP contribution in [0.4, 0.5) is 4.39 Å². The van der Waals surface area contributed by atoms with E-state index in [1.807, 2.05) is 0 Å². The number of halogens is 1. The summed E-state index contributed by atoms with van der Waals surface area (Å²) < 4.78 is 39.5. The van der Waals surface area contributed by atoms with E-state index in [2.05, 4.69) is 10.6 Å². The quantitative estimate of drug-likeness (QED) is 0.837. The predicted octanol–water partition coefficient (Wildman–Crippen LogP) is 1.39. The van der Waals surface area contributed by atoms with Gasteiger partial charge in [0, 0.05) is 12.5 Å². The molecule has 1 rings (SSSR count). The minimum atomic E-state index is -3.96. The first-order valence-corrected chi connectivity index (χ1v) is 6.55. The van der Waals surface area contributed by atoms with Crippen molar-refractivity contribution in [1.29, 1.82) is 5.26 Å². The summed E-state index contributed by atoms with van der Waals surface area (Å²) in [4.78, 5) is -0.381. The van der Waals surface area contributed by atoms with Crippen LogP contribution in [-0.2, 0) is 10.0 Å². The van der Waals surface area contributed by atoms with E-state index in [0.717, 1.165) is 6.07 Å². The molecule has 1 aromatic carbocycles. The maximum absolute atomic E-state index is 13.3. The maximum Gasteiger partial charge on any atom is 0.242 e. The van der Waals surface area contributed by atoms with Crippen LogP contribution in [-0.4, -0.2) is 14.5 Å². The van der Waals surface area contributed by atoms with Crippen molar-refractivity contribution in [2.45, 2.75) is 24.3 Å². The fraction of sp³-hybridized carbons (Fsp3) is 0.250. The first-order chi connectivity index (χ1) is 8.42. The lowest BCUT2D eigenvalue weighted by Gasteiger charge is -2.12. The highest BCUT2D eigenvalue weighted by atomic mass is 32.2. The van der Waals surface area contributed by atoms with Gasteiger partial charge >= 0.3 is 0 Å². The van der Waals surface area contributed by atoms with Crippen LogP contribution in [0.3, 0.4) is 0 Å². The summed E-state index contributed by atoms with van der Waals surface area (Å²) >= 11 is 0. The van der Waals surface area contributed by atoms with E-state index in [9.17, 15) is 12.8 Å². The van der Waals surface area contributed by atoms with Gasteiger partial charge in [-0.05, 0) is 19.1 Å². The molecular formula is C12H11FN2O2S. The van der Waals surface area contributed by atoms with E-state index < -0.39 is 27.4 Å². The Balaban J connectivity index is 3.19. The molecule has 0 fully saturated rings. The maximum atomic E-state index is 13.3. The van der Waals surface area contributed by atoms with Crippen LogP contribution in [0, 0.1) is 29.5 Å². The molecular weight excluding hydrogens is 255 g/mol. The number of hydrogen-bond donors (Lipinski definition) is 1. The molecule has 18 heavy (non-hydrogen) atoms. The second kappa shape index (κ2) is 5.63. The Hall–Kier alpha value is -1.89. The molecule has 6 heteroatoms. The third-order valence-electron chi connectivity index (χ3n) is 2.16. The van der Waals surface area contributed by atoms with Gasteiger partial charge < -0.3 is 0 Å². The highest BCUT2D eigenvalue weighted by Crippen LogP contribution is 2.18. The number of nitrogens with zero attached hydrogens (tertiary/aromatic N) is 1. The van der Waals surface area contributed by atoms with E-state index >= 15 is 0 Å². The van der Waals surface area contributed by atoms with Gasteiger partial charge in [-0.15, -0.1) is 12.3 Å². The fourth-order valence-corrected chi connectivity index (χ4v) is 2.79. The SMILES string of the molecule is C#CCC(C)NS(=O)(=O)c1cccc(F)c1C#N. The average molecular weight is 266 g/mol. The minimum Gasteiger partial charge on any atom is -0.207 e. The van der Waals surface area contributed by atoms with E-state index in [-0.39, 0.29) is 11.3 Å². The zero-order valence-corrected chi connectivity index (χ0v) is 10.5. The van der Waals surface area contributed by atoms with Crippen LogP contribution in [0.5, 0.6) is 0 Å². The molecule has 0 radical (unpaired) electrons. The Morgan fingerprint density at radius 1 is 1.56 bits per heavy atom. The van der Waals surface area contributed by atoms with Gasteiger partial charge in [-0.25, -0.2) is 17.5 Å². The number of nitriles is 1. The molecule has 94 valence electrons. The van der Waals surface area contributed by atoms with Crippen LogP contribution < -0.4 is 4.72 Å². The third kappa shape index (κ3) is 3.07. The second-order valence-corrected chi connectivity index (χ2v) is 5.34. The summed E-state index contributed by atoms with van der Waals surface area (Å²) in [7, 11) is -3.96. The molecule has 0 spiro atoms. The molecule has 1 atom stereocenters. The number of sulfonamides is 1. The highest BCUT2D eigenvalue weighted by molar-refractivity contribution is 7.89. The molecule has 1 N–H and O–H groups in total. The Morgan fingerprint density at radius 3 is 2.78 bits per heavy atom. The zero-order chi connectivity index (χ0) is 13.8. The van der Waals surface area contributed by atoms with Gasteiger partial charge in [0.1, 0.15) is 22.3 Å². The van der Waals surface area contributed by atoms with E-state index in [1.54, 1.807) is 13.0 Å². The highest BCUT2D eigenvalue weighted by Gasteiger charge is 2.22. The second-order valence-electron chi connectivity index (χ2n) is 3.66. The Morgan fingerprint density at radius 2 is 2.22 bits per heavy atom. The predicted molar refractivity (Wildman–Crippen MR) is 64.3 cm³/mol. The minimum absolute atomic E-state index is 0.205. The van der Waals surface area contributed by atoms with Crippen molar-refractivity contribution in [1.82, 2.24) is 4.72 Å². The summed E-state index contributed by atoms with van der Waals surface area (Å²) in [5.41, 5.74) is -0.502. The lowest BCUT2D eigenvalue weighted by molar-refractivity contribution is 0.560. The molecule has 0 heterocycles. The van der Waals surface area contributed by atoms with Crippen LogP contribution in [0.25, 0.3) is 0 Å². The van der Waals surface area contributed by atoms with Gasteiger partial charge in [-0.2, -0.15) is 5.26 Å². The topological polar surface area (TPSA) is 70.0 Å². The molecule has 0 saturated heterocycles. The van der Waals surface area contributed by atoms with Crippen LogP contribution in [0.15, 0.2) is 23.1 Å². The standard InChI is InChI=1S/C12H11FN2O2S/c1-3-5-9(2)15-18(16,17)12-7-4-6-11(13)10(12)8-14/h1,4,6-7,9,15H,5H2,2H3. The summed E-state index contributed by atoms with van der Waals surface area (Å²) in [6.07, 6.45) is 5.27. The largest absolute Gasteiger partial charge is 0.242 e. The number of nitrogens with one attached hydrogen (secondary N) is 1. The average Bonchev–Trinajstić information content (AvgIpc) is 2.28. The van der Waals surface area contributed by atoms with Crippen LogP contribution >= 0.6 is 0 Å². The number of benzene rings is 1. The molecule has 0 aliphatic rings. The van der Waals surface area contributed by atoms with Gasteiger partial charge in [-0.1, -0.05) is 6.07 Å². The van der Waals surface area contributed by atoms with E-state index in [1.165, 1.54) is 12.1 Å². The zero-order valence-electron chi connectivity index (χ0n) is 9.64. The van der Waals surface area contributed by atoms with Gasteiger partial charge in [0.2, 0.25) is 10.0 Å². The smallest absolute Gasteiger partial charge is 0.207 e. The van der Waals surface area contributed by atoms with Gasteiger partial charge in [0.05, 0.1) is 0 Å². The summed E-state index contributed by atoms with van der Waals surface area (Å²) in [5, 5.41) is 8.79. The lowest BCUT2D eigenvalue weighted by atomic mass is 10.2. The van der Waals surface area contributed by atoms with Gasteiger partial charge in [-0.3, -0.25) is 0 Å².